The van der Waals surface area contributed by atoms with Crippen molar-refractivity contribution in [3.05, 3.63) is 0 Å². The van der Waals surface area contributed by atoms with Crippen molar-refractivity contribution in [2.45, 2.75) is 71.3 Å². The first kappa shape index (κ1) is 15.5. The van der Waals surface area contributed by atoms with Crippen LogP contribution >= 0.6 is 0 Å². The molecule has 0 aromatic carbocycles. The van der Waals surface area contributed by atoms with Gasteiger partial charge in [0, 0.05) is 18.5 Å². The molecule has 1 amide bonds. The van der Waals surface area contributed by atoms with E-state index in [0.717, 1.165) is 25.7 Å². The molecule has 0 aromatic rings. The Morgan fingerprint density at radius 1 is 1.22 bits per heavy atom. The molecule has 0 aliphatic heterocycles. The lowest BCUT2D eigenvalue weighted by Crippen LogP contribution is -2.46. The molecule has 1 aliphatic rings. The highest BCUT2D eigenvalue weighted by Crippen LogP contribution is 2.27. The van der Waals surface area contributed by atoms with Crippen LogP contribution in [0.5, 0.6) is 0 Å². The smallest absolute Gasteiger partial charge is 0.223 e. The van der Waals surface area contributed by atoms with Gasteiger partial charge < -0.3 is 11.1 Å². The summed E-state index contributed by atoms with van der Waals surface area (Å²) in [4.78, 5) is 12.3. The average molecular weight is 254 g/mol. The second kappa shape index (κ2) is 8.52. The molecular formula is C15H30N2O. The zero-order chi connectivity index (χ0) is 13.4. The third-order valence-electron chi connectivity index (χ3n) is 4.20. The molecule has 1 saturated carbocycles. The summed E-state index contributed by atoms with van der Waals surface area (Å²) in [6.07, 6.45) is 9.21. The number of amides is 1. The van der Waals surface area contributed by atoms with E-state index in [1.54, 1.807) is 0 Å². The second-order valence-electron chi connectivity index (χ2n) is 5.67. The molecule has 1 aliphatic carbocycles. The molecule has 3 heteroatoms. The number of carbonyl (C=O) groups is 1. The second-order valence-corrected chi connectivity index (χ2v) is 5.67. The predicted octanol–water partition coefficient (Wildman–Crippen LogP) is 2.84. The van der Waals surface area contributed by atoms with Crippen molar-refractivity contribution in [3.8, 4) is 0 Å². The van der Waals surface area contributed by atoms with Crippen molar-refractivity contribution in [3.63, 3.8) is 0 Å². The summed E-state index contributed by atoms with van der Waals surface area (Å²) >= 11 is 0. The SMILES string of the molecule is CCCC(CCC)C(=O)NC(CN)C1CCCC1. The number of rotatable bonds is 8. The first-order chi connectivity index (χ1) is 8.72. The van der Waals surface area contributed by atoms with E-state index in [1.165, 1.54) is 25.7 Å². The maximum Gasteiger partial charge on any atom is 0.223 e. The van der Waals surface area contributed by atoms with Gasteiger partial charge in [0.15, 0.2) is 0 Å². The van der Waals surface area contributed by atoms with Gasteiger partial charge in [0.05, 0.1) is 0 Å². The number of hydrogen-bond acceptors (Lipinski definition) is 2. The van der Waals surface area contributed by atoms with Crippen molar-refractivity contribution in [1.29, 1.82) is 0 Å². The highest BCUT2D eigenvalue weighted by molar-refractivity contribution is 5.78. The van der Waals surface area contributed by atoms with Gasteiger partial charge >= 0.3 is 0 Å². The molecule has 0 heterocycles. The summed E-state index contributed by atoms with van der Waals surface area (Å²) in [6, 6.07) is 0.205. The first-order valence-corrected chi connectivity index (χ1v) is 7.73. The van der Waals surface area contributed by atoms with Crippen molar-refractivity contribution < 1.29 is 4.79 Å². The van der Waals surface area contributed by atoms with Crippen molar-refractivity contribution in [1.82, 2.24) is 5.32 Å². The third-order valence-corrected chi connectivity index (χ3v) is 4.20. The number of carbonyl (C=O) groups excluding carboxylic acids is 1. The van der Waals surface area contributed by atoms with Gasteiger partial charge in [0.25, 0.3) is 0 Å². The lowest BCUT2D eigenvalue weighted by Gasteiger charge is -2.25. The fourth-order valence-corrected chi connectivity index (χ4v) is 3.13. The molecule has 106 valence electrons. The van der Waals surface area contributed by atoms with Crippen LogP contribution in [0.3, 0.4) is 0 Å². The minimum atomic E-state index is 0.190. The Hall–Kier alpha value is -0.570. The molecule has 0 saturated heterocycles. The Morgan fingerprint density at radius 2 is 1.78 bits per heavy atom. The summed E-state index contributed by atoms with van der Waals surface area (Å²) in [5, 5.41) is 3.21. The van der Waals surface area contributed by atoms with Gasteiger partial charge in [0.2, 0.25) is 5.91 Å². The number of hydrogen-bond donors (Lipinski definition) is 2. The van der Waals surface area contributed by atoms with Crippen LogP contribution in [0.25, 0.3) is 0 Å². The van der Waals surface area contributed by atoms with Crippen LogP contribution in [-0.4, -0.2) is 18.5 Å². The largest absolute Gasteiger partial charge is 0.352 e. The molecule has 1 atom stereocenters. The zero-order valence-electron chi connectivity index (χ0n) is 12.1. The first-order valence-electron chi connectivity index (χ1n) is 7.73. The van der Waals surface area contributed by atoms with Gasteiger partial charge in [-0.3, -0.25) is 4.79 Å². The van der Waals surface area contributed by atoms with E-state index in [0.29, 0.717) is 12.5 Å². The monoisotopic (exact) mass is 254 g/mol. The van der Waals surface area contributed by atoms with Gasteiger partial charge in [-0.05, 0) is 31.6 Å². The topological polar surface area (TPSA) is 55.1 Å². The summed E-state index contributed by atoms with van der Waals surface area (Å²) in [6.45, 7) is 4.88. The average Bonchev–Trinajstić information content (AvgIpc) is 2.89. The van der Waals surface area contributed by atoms with Crippen LogP contribution in [0.4, 0.5) is 0 Å². The van der Waals surface area contributed by atoms with E-state index in [-0.39, 0.29) is 17.9 Å². The minimum absolute atomic E-state index is 0.190. The number of nitrogens with one attached hydrogen (secondary N) is 1. The van der Waals surface area contributed by atoms with Crippen LogP contribution in [0.15, 0.2) is 0 Å². The summed E-state index contributed by atoms with van der Waals surface area (Å²) < 4.78 is 0. The van der Waals surface area contributed by atoms with Gasteiger partial charge in [0.1, 0.15) is 0 Å². The lowest BCUT2D eigenvalue weighted by molar-refractivity contribution is -0.126. The Bertz CT molecular complexity index is 231. The van der Waals surface area contributed by atoms with E-state index in [1.807, 2.05) is 0 Å². The quantitative estimate of drug-likeness (QED) is 0.700. The van der Waals surface area contributed by atoms with Gasteiger partial charge in [-0.25, -0.2) is 0 Å². The molecule has 0 bridgehead atoms. The van der Waals surface area contributed by atoms with Gasteiger partial charge in [-0.2, -0.15) is 0 Å². The molecule has 0 radical (unpaired) electrons. The Balaban J connectivity index is 2.47. The molecule has 3 N–H and O–H groups in total. The molecular weight excluding hydrogens is 224 g/mol. The fraction of sp³-hybridized carbons (Fsp3) is 0.933. The lowest BCUT2D eigenvalue weighted by atomic mass is 9.94. The van der Waals surface area contributed by atoms with Gasteiger partial charge in [-0.1, -0.05) is 39.5 Å². The van der Waals surface area contributed by atoms with Gasteiger partial charge in [-0.15, -0.1) is 0 Å². The molecule has 0 spiro atoms. The summed E-state index contributed by atoms with van der Waals surface area (Å²) in [5.74, 6) is 1.04. The maximum atomic E-state index is 12.3. The van der Waals surface area contributed by atoms with Crippen LogP contribution in [0.1, 0.15) is 65.2 Å². The standard InChI is InChI=1S/C15H30N2O/c1-3-7-13(8-4-2)15(18)17-14(11-16)12-9-5-6-10-12/h12-14H,3-11,16H2,1-2H3,(H,17,18). The molecule has 1 rings (SSSR count). The van der Waals surface area contributed by atoms with Crippen LogP contribution < -0.4 is 11.1 Å². The van der Waals surface area contributed by atoms with Crippen LogP contribution in [0.2, 0.25) is 0 Å². The van der Waals surface area contributed by atoms with Crippen molar-refractivity contribution >= 4 is 5.91 Å². The van der Waals surface area contributed by atoms with Crippen molar-refractivity contribution in [2.75, 3.05) is 6.54 Å². The van der Waals surface area contributed by atoms with E-state index < -0.39 is 0 Å². The van der Waals surface area contributed by atoms with Crippen LogP contribution in [-0.2, 0) is 4.79 Å². The highest BCUT2D eigenvalue weighted by Gasteiger charge is 2.27. The molecule has 18 heavy (non-hydrogen) atoms. The molecule has 1 fully saturated rings. The Morgan fingerprint density at radius 3 is 2.22 bits per heavy atom. The zero-order valence-corrected chi connectivity index (χ0v) is 12.1. The van der Waals surface area contributed by atoms with E-state index in [2.05, 4.69) is 19.2 Å². The maximum absolute atomic E-state index is 12.3. The molecule has 0 aromatic heterocycles. The fourth-order valence-electron chi connectivity index (χ4n) is 3.13. The number of nitrogens with two attached hydrogens (primary N) is 1. The van der Waals surface area contributed by atoms with E-state index in [4.69, 9.17) is 5.73 Å². The molecule has 1 unspecified atom stereocenters. The normalized spacial score (nSPS) is 18.2. The van der Waals surface area contributed by atoms with Crippen molar-refractivity contribution in [2.24, 2.45) is 17.6 Å². The van der Waals surface area contributed by atoms with E-state index >= 15 is 0 Å². The van der Waals surface area contributed by atoms with Crippen LogP contribution in [0, 0.1) is 11.8 Å². The summed E-state index contributed by atoms with van der Waals surface area (Å²) in [5.41, 5.74) is 5.83. The highest BCUT2D eigenvalue weighted by atomic mass is 16.1. The minimum Gasteiger partial charge on any atom is -0.352 e. The Labute approximate surface area is 112 Å². The Kier molecular flexibility index (Phi) is 7.33. The molecule has 3 nitrogen and oxygen atoms in total. The summed E-state index contributed by atoms with van der Waals surface area (Å²) in [7, 11) is 0. The third kappa shape index (κ3) is 4.60. The predicted molar refractivity (Wildman–Crippen MR) is 76.2 cm³/mol. The van der Waals surface area contributed by atoms with E-state index in [9.17, 15) is 4.79 Å².